The molecule has 100 valence electrons. The molecule has 1 aliphatic carbocycles. The van der Waals surface area contributed by atoms with Gasteiger partial charge in [-0.3, -0.25) is 4.79 Å². The molecule has 0 radical (unpaired) electrons. The molecule has 1 aliphatic rings. The first-order chi connectivity index (χ1) is 8.33. The van der Waals surface area contributed by atoms with Crippen LogP contribution in [0.2, 0.25) is 0 Å². The number of carbonyl (C=O) groups is 1. The van der Waals surface area contributed by atoms with Crippen LogP contribution in [0.25, 0.3) is 0 Å². The quantitative estimate of drug-likeness (QED) is 0.633. The molecule has 17 heavy (non-hydrogen) atoms. The fourth-order valence-corrected chi connectivity index (χ4v) is 2.06. The second kappa shape index (κ2) is 9.42. The molecule has 0 aromatic heterocycles. The predicted octanol–water partition coefficient (Wildman–Crippen LogP) is 1.45. The lowest BCUT2D eigenvalue weighted by Crippen LogP contribution is -2.36. The molecule has 1 fully saturated rings. The van der Waals surface area contributed by atoms with Gasteiger partial charge in [0.1, 0.15) is 0 Å². The molecule has 0 aromatic carbocycles. The Morgan fingerprint density at radius 1 is 1.24 bits per heavy atom. The minimum Gasteiger partial charge on any atom is -0.377 e. The van der Waals surface area contributed by atoms with E-state index >= 15 is 0 Å². The maximum absolute atomic E-state index is 11.3. The van der Waals surface area contributed by atoms with E-state index in [1.807, 2.05) is 6.92 Å². The molecule has 0 saturated heterocycles. The van der Waals surface area contributed by atoms with Crippen LogP contribution in [-0.4, -0.2) is 38.3 Å². The Bertz CT molecular complexity index is 204. The minimum atomic E-state index is 0.0736. The van der Waals surface area contributed by atoms with Crippen molar-refractivity contribution in [2.24, 2.45) is 0 Å². The Hall–Kier alpha value is -0.610. The third-order valence-electron chi connectivity index (χ3n) is 3.04. The van der Waals surface area contributed by atoms with E-state index in [9.17, 15) is 4.79 Å². The highest BCUT2D eigenvalue weighted by Crippen LogP contribution is 2.19. The normalized spacial score (nSPS) is 17.0. The molecule has 0 atom stereocenters. The number of nitrogens with one attached hydrogen (secondary N) is 2. The number of ether oxygens (including phenoxy) is 1. The van der Waals surface area contributed by atoms with Crippen LogP contribution in [0.3, 0.4) is 0 Å². The lowest BCUT2D eigenvalue weighted by molar-refractivity contribution is -0.120. The second-order valence-electron chi connectivity index (χ2n) is 4.66. The largest absolute Gasteiger partial charge is 0.377 e. The van der Waals surface area contributed by atoms with Crippen molar-refractivity contribution in [3.63, 3.8) is 0 Å². The summed E-state index contributed by atoms with van der Waals surface area (Å²) in [6.07, 6.45) is 7.81. The summed E-state index contributed by atoms with van der Waals surface area (Å²) in [6.45, 7) is 4.68. The zero-order valence-corrected chi connectivity index (χ0v) is 11.0. The molecule has 0 aromatic rings. The van der Waals surface area contributed by atoms with E-state index in [1.54, 1.807) is 0 Å². The Kier molecular flexibility index (Phi) is 8.01. The zero-order valence-electron chi connectivity index (χ0n) is 11.0. The fourth-order valence-electron chi connectivity index (χ4n) is 2.06. The van der Waals surface area contributed by atoms with Crippen LogP contribution < -0.4 is 10.6 Å². The van der Waals surface area contributed by atoms with Gasteiger partial charge in [0.25, 0.3) is 0 Å². The Morgan fingerprint density at radius 2 is 2.00 bits per heavy atom. The predicted molar refractivity (Wildman–Crippen MR) is 69.0 cm³/mol. The average molecular weight is 242 g/mol. The average Bonchev–Trinajstić information content (AvgIpc) is 2.37. The van der Waals surface area contributed by atoms with Crippen LogP contribution in [0.4, 0.5) is 0 Å². The maximum atomic E-state index is 11.3. The van der Waals surface area contributed by atoms with Crippen molar-refractivity contribution in [2.75, 3.05) is 26.2 Å². The Labute approximate surface area is 104 Å². The molecule has 4 heteroatoms. The van der Waals surface area contributed by atoms with Gasteiger partial charge in [-0.25, -0.2) is 0 Å². The summed E-state index contributed by atoms with van der Waals surface area (Å²) in [4.78, 5) is 11.3. The first kappa shape index (κ1) is 14.5. The standard InChI is InChI=1S/C13H26N2O2/c1-2-8-15-13(16)11-14-9-10-17-12-6-4-3-5-7-12/h12,14H,2-11H2,1H3,(H,15,16). The van der Waals surface area contributed by atoms with Crippen LogP contribution in [-0.2, 0) is 9.53 Å². The van der Waals surface area contributed by atoms with Gasteiger partial charge in [0.15, 0.2) is 0 Å². The van der Waals surface area contributed by atoms with Gasteiger partial charge in [-0.2, -0.15) is 0 Å². The third-order valence-corrected chi connectivity index (χ3v) is 3.04. The van der Waals surface area contributed by atoms with Gasteiger partial charge in [0.05, 0.1) is 19.3 Å². The van der Waals surface area contributed by atoms with Crippen molar-refractivity contribution in [3.8, 4) is 0 Å². The van der Waals surface area contributed by atoms with Crippen LogP contribution >= 0.6 is 0 Å². The van der Waals surface area contributed by atoms with Gasteiger partial charge in [-0.05, 0) is 19.3 Å². The third kappa shape index (κ3) is 7.34. The molecular formula is C13H26N2O2. The maximum Gasteiger partial charge on any atom is 0.233 e. The number of amides is 1. The first-order valence-corrected chi connectivity index (χ1v) is 6.92. The molecule has 0 unspecified atom stereocenters. The van der Waals surface area contributed by atoms with Gasteiger partial charge in [-0.1, -0.05) is 26.2 Å². The van der Waals surface area contributed by atoms with Crippen LogP contribution in [0.5, 0.6) is 0 Å². The van der Waals surface area contributed by atoms with Gasteiger partial charge in [-0.15, -0.1) is 0 Å². The van der Waals surface area contributed by atoms with Gasteiger partial charge in [0, 0.05) is 13.1 Å². The highest BCUT2D eigenvalue weighted by molar-refractivity contribution is 5.77. The monoisotopic (exact) mass is 242 g/mol. The first-order valence-electron chi connectivity index (χ1n) is 6.92. The fraction of sp³-hybridized carbons (Fsp3) is 0.923. The lowest BCUT2D eigenvalue weighted by atomic mass is 9.98. The van der Waals surface area contributed by atoms with Gasteiger partial charge in [0.2, 0.25) is 5.91 Å². The SMILES string of the molecule is CCCNC(=O)CNCCOC1CCCCC1. The summed E-state index contributed by atoms with van der Waals surface area (Å²) in [5.41, 5.74) is 0. The van der Waals surface area contributed by atoms with Gasteiger partial charge >= 0.3 is 0 Å². The molecule has 0 spiro atoms. The molecular weight excluding hydrogens is 216 g/mol. The summed E-state index contributed by atoms with van der Waals surface area (Å²) in [5, 5.41) is 5.93. The molecule has 1 rings (SSSR count). The summed E-state index contributed by atoms with van der Waals surface area (Å²) in [5.74, 6) is 0.0736. The van der Waals surface area contributed by atoms with Crippen molar-refractivity contribution in [1.29, 1.82) is 0 Å². The van der Waals surface area contributed by atoms with Crippen molar-refractivity contribution in [1.82, 2.24) is 10.6 Å². The number of rotatable bonds is 8. The summed E-state index contributed by atoms with van der Waals surface area (Å²) in [6, 6.07) is 0. The van der Waals surface area contributed by atoms with Crippen LogP contribution in [0.1, 0.15) is 45.4 Å². The van der Waals surface area contributed by atoms with E-state index in [4.69, 9.17) is 4.74 Å². The highest BCUT2D eigenvalue weighted by Gasteiger charge is 2.12. The number of hydrogen-bond acceptors (Lipinski definition) is 3. The van der Waals surface area contributed by atoms with Crippen molar-refractivity contribution < 1.29 is 9.53 Å². The van der Waals surface area contributed by atoms with E-state index < -0.39 is 0 Å². The highest BCUT2D eigenvalue weighted by atomic mass is 16.5. The second-order valence-corrected chi connectivity index (χ2v) is 4.66. The summed E-state index contributed by atoms with van der Waals surface area (Å²) < 4.78 is 5.75. The molecule has 4 nitrogen and oxygen atoms in total. The van der Waals surface area contributed by atoms with E-state index in [0.29, 0.717) is 19.3 Å². The van der Waals surface area contributed by atoms with E-state index in [0.717, 1.165) is 19.5 Å². The minimum absolute atomic E-state index is 0.0736. The number of carbonyl (C=O) groups excluding carboxylic acids is 1. The lowest BCUT2D eigenvalue weighted by Gasteiger charge is -2.21. The molecule has 0 aliphatic heterocycles. The van der Waals surface area contributed by atoms with E-state index in [-0.39, 0.29) is 5.91 Å². The van der Waals surface area contributed by atoms with E-state index in [1.165, 1.54) is 32.1 Å². The molecule has 0 heterocycles. The number of hydrogen-bond donors (Lipinski definition) is 2. The molecule has 1 amide bonds. The summed E-state index contributed by atoms with van der Waals surface area (Å²) >= 11 is 0. The molecule has 2 N–H and O–H groups in total. The Balaban J connectivity index is 1.88. The van der Waals surface area contributed by atoms with Crippen molar-refractivity contribution in [3.05, 3.63) is 0 Å². The smallest absolute Gasteiger partial charge is 0.233 e. The molecule has 0 bridgehead atoms. The van der Waals surface area contributed by atoms with E-state index in [2.05, 4.69) is 10.6 Å². The molecule has 1 saturated carbocycles. The topological polar surface area (TPSA) is 50.4 Å². The zero-order chi connectivity index (χ0) is 12.3. The Morgan fingerprint density at radius 3 is 2.71 bits per heavy atom. The summed E-state index contributed by atoms with van der Waals surface area (Å²) in [7, 11) is 0. The van der Waals surface area contributed by atoms with Crippen molar-refractivity contribution >= 4 is 5.91 Å². The van der Waals surface area contributed by atoms with Crippen LogP contribution in [0.15, 0.2) is 0 Å². The van der Waals surface area contributed by atoms with Crippen molar-refractivity contribution in [2.45, 2.75) is 51.6 Å². The van der Waals surface area contributed by atoms with Gasteiger partial charge < -0.3 is 15.4 Å². The van der Waals surface area contributed by atoms with Crippen LogP contribution in [0, 0.1) is 0 Å².